The molecule has 41 heavy (non-hydrogen) atoms. The second-order valence-electron chi connectivity index (χ2n) is 9.48. The van der Waals surface area contributed by atoms with Crippen LogP contribution >= 0.6 is 23.2 Å². The van der Waals surface area contributed by atoms with Gasteiger partial charge < -0.3 is 30.5 Å². The van der Waals surface area contributed by atoms with E-state index in [9.17, 15) is 29.1 Å². The molecule has 3 amide bonds. The van der Waals surface area contributed by atoms with Crippen molar-refractivity contribution in [1.29, 1.82) is 0 Å². The molecule has 2 aromatic carbocycles. The number of ketones is 1. The number of aliphatic carboxylic acids is 1. The third-order valence-electron chi connectivity index (χ3n) is 5.82. The van der Waals surface area contributed by atoms with Gasteiger partial charge in [-0.1, -0.05) is 73.4 Å². The minimum absolute atomic E-state index is 0.00600. The number of Topliss-reactive ketones (excluding diaryl/α,β-unsaturated/α-hetero) is 1. The molecule has 0 spiro atoms. The molecule has 0 heterocycles. The highest BCUT2D eigenvalue weighted by atomic mass is 35.5. The fourth-order valence-electron chi connectivity index (χ4n) is 3.54. The second-order valence-corrected chi connectivity index (χ2v) is 10.3. The predicted octanol–water partition coefficient (Wildman–Crippen LogP) is 3.49. The lowest BCUT2D eigenvalue weighted by Gasteiger charge is -2.24. The minimum Gasteiger partial charge on any atom is -0.481 e. The molecule has 222 valence electrons. The number of halogens is 2. The zero-order chi connectivity index (χ0) is 30.5. The fourth-order valence-corrected chi connectivity index (χ4v) is 4.04. The van der Waals surface area contributed by atoms with E-state index in [0.717, 1.165) is 5.56 Å². The van der Waals surface area contributed by atoms with Crippen LogP contribution in [0.2, 0.25) is 10.0 Å². The van der Waals surface area contributed by atoms with Crippen LogP contribution in [0, 0.1) is 5.92 Å². The van der Waals surface area contributed by atoms with Gasteiger partial charge in [-0.25, -0.2) is 4.79 Å². The Bertz CT molecular complexity index is 1210. The number of hydrogen-bond acceptors (Lipinski definition) is 7. The lowest BCUT2D eigenvalue weighted by Crippen LogP contribution is -2.56. The van der Waals surface area contributed by atoms with Gasteiger partial charge in [0.05, 0.1) is 13.0 Å². The van der Waals surface area contributed by atoms with Crippen LogP contribution in [-0.2, 0) is 41.9 Å². The van der Waals surface area contributed by atoms with Crippen LogP contribution in [0.4, 0.5) is 4.79 Å². The Hall–Kier alpha value is -3.67. The maximum absolute atomic E-state index is 12.9. The Morgan fingerprint density at radius 3 is 2.05 bits per heavy atom. The van der Waals surface area contributed by atoms with Crippen molar-refractivity contribution < 1.29 is 38.6 Å². The summed E-state index contributed by atoms with van der Waals surface area (Å²) in [6.07, 6.45) is -1.52. The van der Waals surface area contributed by atoms with Crippen LogP contribution in [-0.4, -0.2) is 59.5 Å². The number of benzene rings is 2. The van der Waals surface area contributed by atoms with Crippen molar-refractivity contribution in [1.82, 2.24) is 16.0 Å². The number of hydrogen-bond donors (Lipinski definition) is 4. The van der Waals surface area contributed by atoms with Gasteiger partial charge in [-0.2, -0.15) is 0 Å². The summed E-state index contributed by atoms with van der Waals surface area (Å²) in [7, 11) is 0. The van der Waals surface area contributed by atoms with Crippen molar-refractivity contribution in [3.05, 3.63) is 69.7 Å². The average Bonchev–Trinajstić information content (AvgIpc) is 2.91. The molecule has 0 aromatic heterocycles. The first kappa shape index (κ1) is 33.5. The van der Waals surface area contributed by atoms with Gasteiger partial charge in [-0.05, 0) is 30.5 Å². The molecular formula is C28H33Cl2N3O8. The van der Waals surface area contributed by atoms with Crippen LogP contribution in [0.15, 0.2) is 48.5 Å². The first-order valence-corrected chi connectivity index (χ1v) is 13.5. The highest BCUT2D eigenvalue weighted by Gasteiger charge is 2.30. The second kappa shape index (κ2) is 16.6. The van der Waals surface area contributed by atoms with Gasteiger partial charge >= 0.3 is 12.1 Å². The van der Waals surface area contributed by atoms with Gasteiger partial charge in [0.2, 0.25) is 11.8 Å². The monoisotopic (exact) mass is 609 g/mol. The number of ether oxygens (including phenoxy) is 2. The zero-order valence-corrected chi connectivity index (χ0v) is 24.3. The first-order valence-electron chi connectivity index (χ1n) is 12.7. The number of carboxylic acid groups (broad SMARTS) is 1. The maximum atomic E-state index is 12.9. The van der Waals surface area contributed by atoms with Gasteiger partial charge in [-0.3, -0.25) is 19.2 Å². The van der Waals surface area contributed by atoms with Gasteiger partial charge in [-0.15, -0.1) is 0 Å². The maximum Gasteiger partial charge on any atom is 0.408 e. The SMILES string of the molecule is CC(C)[C@H](NC(=O)OCc1ccccc1)C(=O)N[C@@H](C)C(=O)N[C@H](CC(=O)O)C(=O)COCc1c(Cl)cccc1Cl. The first-order chi connectivity index (χ1) is 19.4. The number of carbonyl (C=O) groups is 5. The minimum atomic E-state index is -1.42. The molecule has 0 radical (unpaired) electrons. The third-order valence-corrected chi connectivity index (χ3v) is 6.53. The number of amides is 3. The van der Waals surface area contributed by atoms with E-state index in [2.05, 4.69) is 16.0 Å². The fraction of sp³-hybridized carbons (Fsp3) is 0.393. The normalized spacial score (nSPS) is 13.0. The lowest BCUT2D eigenvalue weighted by molar-refractivity contribution is -0.141. The average molecular weight is 610 g/mol. The number of rotatable bonds is 15. The smallest absolute Gasteiger partial charge is 0.408 e. The molecule has 11 nitrogen and oxygen atoms in total. The summed E-state index contributed by atoms with van der Waals surface area (Å²) in [5, 5.41) is 17.2. The van der Waals surface area contributed by atoms with Gasteiger partial charge in [0, 0.05) is 15.6 Å². The third kappa shape index (κ3) is 11.4. The Balaban J connectivity index is 1.93. The predicted molar refractivity (Wildman–Crippen MR) is 151 cm³/mol. The van der Waals surface area contributed by atoms with Crippen LogP contribution < -0.4 is 16.0 Å². The molecule has 0 aliphatic heterocycles. The molecule has 0 saturated heterocycles. The molecule has 2 rings (SSSR count). The van der Waals surface area contributed by atoms with Crippen molar-refractivity contribution >= 4 is 52.9 Å². The molecule has 0 bridgehead atoms. The summed E-state index contributed by atoms with van der Waals surface area (Å²) < 4.78 is 10.5. The van der Waals surface area contributed by atoms with Crippen molar-refractivity contribution in [3.63, 3.8) is 0 Å². The van der Waals surface area contributed by atoms with Crippen molar-refractivity contribution in [2.24, 2.45) is 5.92 Å². The number of alkyl carbamates (subject to hydrolysis) is 1. The zero-order valence-electron chi connectivity index (χ0n) is 22.8. The van der Waals surface area contributed by atoms with E-state index in [4.69, 9.17) is 32.7 Å². The summed E-state index contributed by atoms with van der Waals surface area (Å²) in [6, 6.07) is 10.2. The summed E-state index contributed by atoms with van der Waals surface area (Å²) in [5.74, 6) is -3.86. The highest BCUT2D eigenvalue weighted by Crippen LogP contribution is 2.24. The Morgan fingerprint density at radius 1 is 0.829 bits per heavy atom. The number of nitrogens with one attached hydrogen (secondary N) is 3. The Kier molecular flexibility index (Phi) is 13.5. The van der Waals surface area contributed by atoms with E-state index in [-0.39, 0.29) is 19.1 Å². The molecule has 0 unspecified atom stereocenters. The molecular weight excluding hydrogens is 577 g/mol. The van der Waals surface area contributed by atoms with Crippen LogP contribution in [0.1, 0.15) is 38.3 Å². The van der Waals surface area contributed by atoms with Gasteiger partial charge in [0.1, 0.15) is 31.3 Å². The van der Waals surface area contributed by atoms with E-state index in [1.54, 1.807) is 56.3 Å². The van der Waals surface area contributed by atoms with Gasteiger partial charge in [0.15, 0.2) is 5.78 Å². The number of carboxylic acids is 1. The quantitative estimate of drug-likeness (QED) is 0.239. The van der Waals surface area contributed by atoms with E-state index < -0.39 is 60.8 Å². The molecule has 0 aliphatic rings. The van der Waals surface area contributed by atoms with Crippen molar-refractivity contribution in [2.75, 3.05) is 6.61 Å². The van der Waals surface area contributed by atoms with Gasteiger partial charge in [0.25, 0.3) is 0 Å². The molecule has 2 aromatic rings. The van der Waals surface area contributed by atoms with Crippen molar-refractivity contribution in [3.8, 4) is 0 Å². The topological polar surface area (TPSA) is 160 Å². The van der Waals surface area contributed by atoms with E-state index >= 15 is 0 Å². The summed E-state index contributed by atoms with van der Waals surface area (Å²) in [6.45, 7) is 4.13. The molecule has 3 atom stereocenters. The summed E-state index contributed by atoms with van der Waals surface area (Å²) in [5.41, 5.74) is 1.22. The van der Waals surface area contributed by atoms with Crippen molar-refractivity contribution in [2.45, 2.75) is 58.5 Å². The summed E-state index contributed by atoms with van der Waals surface area (Å²) >= 11 is 12.2. The van der Waals surface area contributed by atoms with Crippen LogP contribution in [0.3, 0.4) is 0 Å². The largest absolute Gasteiger partial charge is 0.481 e. The molecule has 0 saturated carbocycles. The molecule has 4 N–H and O–H groups in total. The van der Waals surface area contributed by atoms with E-state index in [1.807, 2.05) is 6.07 Å². The molecule has 0 fully saturated rings. The standard InChI is InChI=1S/C28H33Cl2N3O8/c1-16(2)25(33-28(39)41-13-18-8-5-4-6-9-18)27(38)31-17(3)26(37)32-22(12-24(35)36)23(34)15-40-14-19-20(29)10-7-11-21(19)30/h4-11,16-17,22,25H,12-15H2,1-3H3,(H,31,38)(H,32,37)(H,33,39)(H,35,36)/t17-,22+,25-/m0/s1. The number of carbonyl (C=O) groups excluding carboxylic acids is 4. The van der Waals surface area contributed by atoms with Crippen LogP contribution in [0.25, 0.3) is 0 Å². The highest BCUT2D eigenvalue weighted by molar-refractivity contribution is 6.35. The van der Waals surface area contributed by atoms with Crippen LogP contribution in [0.5, 0.6) is 0 Å². The Morgan fingerprint density at radius 2 is 1.46 bits per heavy atom. The van der Waals surface area contributed by atoms with E-state index in [1.165, 1.54) is 6.92 Å². The van der Waals surface area contributed by atoms with E-state index in [0.29, 0.717) is 15.6 Å². The Labute approximate surface area is 247 Å². The molecule has 0 aliphatic carbocycles. The lowest BCUT2D eigenvalue weighted by atomic mass is 10.0. The summed E-state index contributed by atoms with van der Waals surface area (Å²) in [4.78, 5) is 62.0. The molecule has 13 heteroatoms.